The third-order valence-corrected chi connectivity index (χ3v) is 5.66. The molecule has 5 nitrogen and oxygen atoms in total. The van der Waals surface area contributed by atoms with E-state index in [1.54, 1.807) is 24.2 Å². The monoisotopic (exact) mass is 390 g/mol. The second-order valence-electron chi connectivity index (χ2n) is 7.23. The van der Waals surface area contributed by atoms with Crippen molar-refractivity contribution in [2.75, 3.05) is 16.8 Å². The number of pyridine rings is 1. The Labute approximate surface area is 165 Å². The predicted octanol–water partition coefficient (Wildman–Crippen LogP) is 5.37. The van der Waals surface area contributed by atoms with Crippen LogP contribution in [0.3, 0.4) is 0 Å². The number of nitrogens with zero attached hydrogens (tertiary/aromatic N) is 4. The first kappa shape index (κ1) is 17.4. The van der Waals surface area contributed by atoms with Gasteiger partial charge in [0.1, 0.15) is 34.9 Å². The fraction of sp³-hybridized carbons (Fsp3) is 0.182. The van der Waals surface area contributed by atoms with Crippen LogP contribution >= 0.6 is 0 Å². The Morgan fingerprint density at radius 2 is 1.97 bits per heavy atom. The number of fused-ring (bicyclic) bond motifs is 4. The number of hydrogen-bond acceptors (Lipinski definition) is 5. The molecule has 29 heavy (non-hydrogen) atoms. The molecule has 0 saturated heterocycles. The Balaban J connectivity index is 1.77. The number of benzene rings is 2. The summed E-state index contributed by atoms with van der Waals surface area (Å²) in [5.74, 6) is -1.71. The summed E-state index contributed by atoms with van der Waals surface area (Å²) in [7, 11) is 1.73. The summed E-state index contributed by atoms with van der Waals surface area (Å²) in [6.07, 6.45) is 1.39. The fourth-order valence-corrected chi connectivity index (χ4v) is 4.12. The molecule has 1 aliphatic rings. The van der Waals surface area contributed by atoms with E-state index in [4.69, 9.17) is 9.68 Å². The Kier molecular flexibility index (Phi) is 3.56. The molecule has 7 heteroatoms. The third kappa shape index (κ3) is 2.26. The molecule has 1 aliphatic heterocycles. The van der Waals surface area contributed by atoms with Crippen LogP contribution in [0.5, 0.6) is 0 Å². The van der Waals surface area contributed by atoms with Gasteiger partial charge < -0.3 is 14.2 Å². The average Bonchev–Trinajstić information content (AvgIpc) is 3.16. The van der Waals surface area contributed by atoms with Gasteiger partial charge in [0.2, 0.25) is 5.71 Å². The van der Waals surface area contributed by atoms with Gasteiger partial charge in [0, 0.05) is 41.8 Å². The molecule has 0 aliphatic carbocycles. The van der Waals surface area contributed by atoms with E-state index < -0.39 is 17.2 Å². The molecule has 2 aromatic carbocycles. The van der Waals surface area contributed by atoms with Gasteiger partial charge in [-0.2, -0.15) is 5.26 Å². The van der Waals surface area contributed by atoms with Crippen molar-refractivity contribution in [3.8, 4) is 6.07 Å². The van der Waals surface area contributed by atoms with E-state index in [1.807, 2.05) is 43.0 Å². The highest BCUT2D eigenvalue weighted by atomic mass is 19.1. The number of hydrogen-bond donors (Lipinski definition) is 0. The van der Waals surface area contributed by atoms with E-state index in [0.717, 1.165) is 22.0 Å². The van der Waals surface area contributed by atoms with Crippen LogP contribution < -0.4 is 9.80 Å². The lowest BCUT2D eigenvalue weighted by Gasteiger charge is -2.28. The van der Waals surface area contributed by atoms with Crippen LogP contribution in [-0.4, -0.2) is 18.2 Å². The third-order valence-electron chi connectivity index (χ3n) is 5.66. The standard InChI is InChI=1S/C22H16F2N4O/c1-11-7-14-13-5-4-6-26-22(13)29-19(14)9-17(11)28-12(2)27(3)21-18(28)8-16(23)15(10-25)20(21)24/h4-9,12H,1-3H3/t12-/m0/s1. The molecule has 0 N–H and O–H groups in total. The first-order valence-electron chi connectivity index (χ1n) is 9.14. The predicted molar refractivity (Wildman–Crippen MR) is 107 cm³/mol. The van der Waals surface area contributed by atoms with Gasteiger partial charge in [0.05, 0.1) is 5.69 Å². The number of aromatic nitrogens is 1. The van der Waals surface area contributed by atoms with Crippen LogP contribution in [0.1, 0.15) is 18.1 Å². The number of rotatable bonds is 1. The molecule has 0 unspecified atom stereocenters. The Hall–Kier alpha value is -3.66. The summed E-state index contributed by atoms with van der Waals surface area (Å²) in [5, 5.41) is 11.0. The highest BCUT2D eigenvalue weighted by Crippen LogP contribution is 2.48. The number of aryl methyl sites for hydroxylation is 1. The highest BCUT2D eigenvalue weighted by Gasteiger charge is 2.37. The van der Waals surface area contributed by atoms with Gasteiger partial charge in [-0.05, 0) is 37.6 Å². The van der Waals surface area contributed by atoms with E-state index in [-0.39, 0.29) is 11.9 Å². The van der Waals surface area contributed by atoms with Crippen LogP contribution in [0.25, 0.3) is 22.1 Å². The minimum atomic E-state index is -0.872. The number of halogens is 2. The van der Waals surface area contributed by atoms with Crippen molar-refractivity contribution in [2.45, 2.75) is 20.0 Å². The number of furan rings is 1. The SMILES string of the molecule is Cc1cc2c(cc1N1c3cc(F)c(C#N)c(F)c3N(C)[C@@H]1C)oc1ncccc12. The van der Waals surface area contributed by atoms with Crippen molar-refractivity contribution in [3.63, 3.8) is 0 Å². The van der Waals surface area contributed by atoms with E-state index in [1.165, 1.54) is 6.07 Å². The highest BCUT2D eigenvalue weighted by molar-refractivity contribution is 6.05. The van der Waals surface area contributed by atoms with Crippen LogP contribution in [0.15, 0.2) is 40.9 Å². The van der Waals surface area contributed by atoms with Crippen molar-refractivity contribution in [1.29, 1.82) is 5.26 Å². The van der Waals surface area contributed by atoms with E-state index >= 15 is 0 Å². The van der Waals surface area contributed by atoms with Gasteiger partial charge in [-0.1, -0.05) is 0 Å². The van der Waals surface area contributed by atoms with Crippen molar-refractivity contribution >= 4 is 39.1 Å². The number of nitriles is 1. The molecule has 0 radical (unpaired) electrons. The Morgan fingerprint density at radius 1 is 1.17 bits per heavy atom. The Morgan fingerprint density at radius 3 is 2.72 bits per heavy atom. The van der Waals surface area contributed by atoms with E-state index in [2.05, 4.69) is 4.98 Å². The molecule has 0 amide bonds. The zero-order valence-electron chi connectivity index (χ0n) is 16.0. The zero-order valence-corrected chi connectivity index (χ0v) is 16.0. The molecule has 1 atom stereocenters. The van der Waals surface area contributed by atoms with Crippen molar-refractivity contribution < 1.29 is 13.2 Å². The zero-order chi connectivity index (χ0) is 20.4. The lowest BCUT2D eigenvalue weighted by molar-refractivity contribution is 0.577. The summed E-state index contributed by atoms with van der Waals surface area (Å²) < 4.78 is 35.2. The van der Waals surface area contributed by atoms with Gasteiger partial charge in [-0.25, -0.2) is 13.8 Å². The largest absolute Gasteiger partial charge is 0.438 e. The van der Waals surface area contributed by atoms with Crippen LogP contribution in [0.2, 0.25) is 0 Å². The average molecular weight is 390 g/mol. The lowest BCUT2D eigenvalue weighted by Crippen LogP contribution is -2.36. The molecule has 0 spiro atoms. The lowest BCUT2D eigenvalue weighted by atomic mass is 10.1. The van der Waals surface area contributed by atoms with Gasteiger partial charge >= 0.3 is 0 Å². The normalized spacial score (nSPS) is 15.9. The molecule has 2 aromatic heterocycles. The summed E-state index contributed by atoms with van der Waals surface area (Å²) in [4.78, 5) is 7.82. The number of anilines is 3. The molecule has 0 fully saturated rings. The molecule has 3 heterocycles. The van der Waals surface area contributed by atoms with E-state index in [9.17, 15) is 8.78 Å². The topological polar surface area (TPSA) is 56.3 Å². The van der Waals surface area contributed by atoms with Crippen LogP contribution in [0.4, 0.5) is 25.8 Å². The quantitative estimate of drug-likeness (QED) is 0.437. The van der Waals surface area contributed by atoms with Gasteiger partial charge in [0.15, 0.2) is 5.82 Å². The second-order valence-corrected chi connectivity index (χ2v) is 7.23. The maximum absolute atomic E-state index is 14.9. The fourth-order valence-electron chi connectivity index (χ4n) is 4.12. The maximum atomic E-state index is 14.9. The minimum Gasteiger partial charge on any atom is -0.438 e. The van der Waals surface area contributed by atoms with Crippen LogP contribution in [0, 0.1) is 29.9 Å². The van der Waals surface area contributed by atoms with Crippen molar-refractivity contribution in [1.82, 2.24) is 4.98 Å². The van der Waals surface area contributed by atoms with Gasteiger partial charge in [-0.15, -0.1) is 0 Å². The molecular weight excluding hydrogens is 374 g/mol. The molecule has 0 saturated carbocycles. The van der Waals surface area contributed by atoms with Crippen molar-refractivity contribution in [2.24, 2.45) is 0 Å². The van der Waals surface area contributed by atoms with Crippen molar-refractivity contribution in [3.05, 3.63) is 59.3 Å². The molecule has 4 aromatic rings. The van der Waals surface area contributed by atoms with Crippen LogP contribution in [-0.2, 0) is 0 Å². The first-order valence-corrected chi connectivity index (χ1v) is 9.14. The summed E-state index contributed by atoms with van der Waals surface area (Å²) in [5.41, 5.74) is 2.92. The Bertz CT molecular complexity index is 1350. The summed E-state index contributed by atoms with van der Waals surface area (Å²) in [6, 6.07) is 10.5. The second kappa shape index (κ2) is 5.92. The minimum absolute atomic E-state index is 0.209. The van der Waals surface area contributed by atoms with Gasteiger partial charge in [0.25, 0.3) is 0 Å². The maximum Gasteiger partial charge on any atom is 0.227 e. The van der Waals surface area contributed by atoms with Gasteiger partial charge in [-0.3, -0.25) is 0 Å². The summed E-state index contributed by atoms with van der Waals surface area (Å²) >= 11 is 0. The molecular formula is C22H16F2N4O. The van der Waals surface area contributed by atoms with E-state index in [0.29, 0.717) is 17.0 Å². The molecule has 5 rings (SSSR count). The molecule has 144 valence electrons. The smallest absolute Gasteiger partial charge is 0.227 e. The summed E-state index contributed by atoms with van der Waals surface area (Å²) in [6.45, 7) is 3.85. The first-order chi connectivity index (χ1) is 13.9. The molecule has 0 bridgehead atoms.